The minimum atomic E-state index is -4.71. The van der Waals surface area contributed by atoms with Crippen molar-refractivity contribution in [2.45, 2.75) is 12.7 Å². The van der Waals surface area contributed by atoms with Crippen molar-refractivity contribution < 1.29 is 22.4 Å². The van der Waals surface area contributed by atoms with Crippen LogP contribution in [0.3, 0.4) is 0 Å². The standard InChI is InChI=1S/C17H16Cl2F4N4O/c1-25-15(17(21,22)23)13(19)14(24-25)16(28)27-7-5-26(6-8-27)9-10-11(18)3-2-4-12(10)20/h2-4H,5-9H2,1H3. The first kappa shape index (κ1) is 20.9. The second kappa shape index (κ2) is 7.88. The number of aryl methyl sites for hydroxylation is 1. The molecule has 0 saturated carbocycles. The molecule has 1 aliphatic rings. The third-order valence-corrected chi connectivity index (χ3v) is 5.28. The molecule has 152 valence electrons. The molecule has 28 heavy (non-hydrogen) atoms. The largest absolute Gasteiger partial charge is 0.434 e. The van der Waals surface area contributed by atoms with Crippen molar-refractivity contribution in [2.75, 3.05) is 26.2 Å². The van der Waals surface area contributed by atoms with E-state index in [4.69, 9.17) is 23.2 Å². The van der Waals surface area contributed by atoms with Crippen LogP contribution in [0.15, 0.2) is 18.2 Å². The number of carbonyl (C=O) groups excluding carboxylic acids is 1. The van der Waals surface area contributed by atoms with Gasteiger partial charge in [-0.3, -0.25) is 14.4 Å². The van der Waals surface area contributed by atoms with Gasteiger partial charge in [0.15, 0.2) is 11.4 Å². The molecule has 1 amide bonds. The van der Waals surface area contributed by atoms with E-state index in [1.54, 1.807) is 6.07 Å². The van der Waals surface area contributed by atoms with Gasteiger partial charge >= 0.3 is 6.18 Å². The minimum Gasteiger partial charge on any atom is -0.335 e. The first-order valence-electron chi connectivity index (χ1n) is 8.33. The number of halogens is 6. The Bertz CT molecular complexity index is 872. The fourth-order valence-electron chi connectivity index (χ4n) is 3.11. The number of benzene rings is 1. The lowest BCUT2D eigenvalue weighted by Gasteiger charge is -2.34. The number of amides is 1. The predicted octanol–water partition coefficient (Wildman–Crippen LogP) is 3.84. The van der Waals surface area contributed by atoms with E-state index in [2.05, 4.69) is 5.10 Å². The van der Waals surface area contributed by atoms with Crippen LogP contribution in [0.25, 0.3) is 0 Å². The van der Waals surface area contributed by atoms with Crippen molar-refractivity contribution >= 4 is 29.1 Å². The molecule has 1 fully saturated rings. The third-order valence-electron chi connectivity index (χ3n) is 4.56. The Morgan fingerprint density at radius 3 is 2.36 bits per heavy atom. The second-order valence-electron chi connectivity index (χ2n) is 6.40. The fourth-order valence-corrected chi connectivity index (χ4v) is 3.68. The molecule has 5 nitrogen and oxygen atoms in total. The molecular weight excluding hydrogens is 423 g/mol. The van der Waals surface area contributed by atoms with Crippen molar-refractivity contribution in [3.8, 4) is 0 Å². The zero-order chi connectivity index (χ0) is 20.6. The number of rotatable bonds is 3. The lowest BCUT2D eigenvalue weighted by atomic mass is 10.1. The molecule has 2 aromatic rings. The summed E-state index contributed by atoms with van der Waals surface area (Å²) in [6.07, 6.45) is -4.71. The van der Waals surface area contributed by atoms with Crippen LogP contribution >= 0.6 is 23.2 Å². The van der Waals surface area contributed by atoms with Crippen molar-refractivity contribution in [3.63, 3.8) is 0 Å². The molecule has 3 rings (SSSR count). The smallest absolute Gasteiger partial charge is 0.335 e. The van der Waals surface area contributed by atoms with E-state index >= 15 is 0 Å². The first-order chi connectivity index (χ1) is 13.1. The molecule has 1 saturated heterocycles. The Balaban J connectivity index is 1.68. The van der Waals surface area contributed by atoms with Crippen molar-refractivity contribution in [2.24, 2.45) is 7.05 Å². The van der Waals surface area contributed by atoms with E-state index in [9.17, 15) is 22.4 Å². The quantitative estimate of drug-likeness (QED) is 0.683. The maximum absolute atomic E-state index is 13.9. The highest BCUT2D eigenvalue weighted by Crippen LogP contribution is 2.36. The van der Waals surface area contributed by atoms with Gasteiger partial charge in [0.1, 0.15) is 10.8 Å². The SMILES string of the molecule is Cn1nc(C(=O)N2CCN(Cc3c(F)cccc3Cl)CC2)c(Cl)c1C(F)(F)F. The average molecular weight is 439 g/mol. The molecule has 0 unspecified atom stereocenters. The highest BCUT2D eigenvalue weighted by molar-refractivity contribution is 6.34. The first-order valence-corrected chi connectivity index (χ1v) is 9.09. The van der Waals surface area contributed by atoms with E-state index in [1.807, 2.05) is 4.90 Å². The van der Waals surface area contributed by atoms with Crippen LogP contribution in [0.1, 0.15) is 21.7 Å². The number of carbonyl (C=O) groups is 1. The number of aromatic nitrogens is 2. The zero-order valence-electron chi connectivity index (χ0n) is 14.7. The molecule has 11 heteroatoms. The van der Waals surface area contributed by atoms with E-state index in [0.29, 0.717) is 28.4 Å². The summed E-state index contributed by atoms with van der Waals surface area (Å²) >= 11 is 11.8. The zero-order valence-corrected chi connectivity index (χ0v) is 16.2. The van der Waals surface area contributed by atoms with Gasteiger partial charge in [0.05, 0.1) is 0 Å². The van der Waals surface area contributed by atoms with Gasteiger partial charge in [-0.1, -0.05) is 29.3 Å². The summed E-state index contributed by atoms with van der Waals surface area (Å²) < 4.78 is 53.6. The molecule has 0 N–H and O–H groups in total. The van der Waals surface area contributed by atoms with Gasteiger partial charge in [0.2, 0.25) is 0 Å². The van der Waals surface area contributed by atoms with E-state index in [0.717, 1.165) is 7.05 Å². The Kier molecular flexibility index (Phi) is 5.88. The van der Waals surface area contributed by atoms with E-state index < -0.39 is 34.3 Å². The molecule has 0 radical (unpaired) electrons. The highest BCUT2D eigenvalue weighted by Gasteiger charge is 2.40. The van der Waals surface area contributed by atoms with Gasteiger partial charge in [0.25, 0.3) is 5.91 Å². The third kappa shape index (κ3) is 4.11. The van der Waals surface area contributed by atoms with E-state index in [1.165, 1.54) is 17.0 Å². The van der Waals surface area contributed by atoms with Crippen LogP contribution < -0.4 is 0 Å². The van der Waals surface area contributed by atoms with Crippen molar-refractivity contribution in [1.29, 1.82) is 0 Å². The summed E-state index contributed by atoms with van der Waals surface area (Å²) in [4.78, 5) is 15.9. The van der Waals surface area contributed by atoms with Crippen LogP contribution in [0.4, 0.5) is 17.6 Å². The maximum Gasteiger partial charge on any atom is 0.434 e. The van der Waals surface area contributed by atoms with Gasteiger partial charge in [-0.25, -0.2) is 4.39 Å². The Morgan fingerprint density at radius 1 is 1.18 bits per heavy atom. The molecule has 0 spiro atoms. The molecule has 1 aliphatic heterocycles. The van der Waals surface area contributed by atoms with Crippen LogP contribution in [0, 0.1) is 5.82 Å². The molecule has 0 aliphatic carbocycles. The van der Waals surface area contributed by atoms with Gasteiger partial charge in [0, 0.05) is 50.4 Å². The Labute approximate surface area is 168 Å². The number of hydrogen-bond acceptors (Lipinski definition) is 3. The summed E-state index contributed by atoms with van der Waals surface area (Å²) in [5.41, 5.74) is -1.22. The number of piperazine rings is 1. The monoisotopic (exact) mass is 438 g/mol. The van der Waals surface area contributed by atoms with Crippen LogP contribution in [-0.2, 0) is 19.8 Å². The summed E-state index contributed by atoms with van der Waals surface area (Å²) in [5, 5.41) is 3.26. The number of hydrogen-bond donors (Lipinski definition) is 0. The number of nitrogens with zero attached hydrogens (tertiary/aromatic N) is 4. The summed E-state index contributed by atoms with van der Waals surface area (Å²) in [6, 6.07) is 4.44. The molecule has 0 bridgehead atoms. The molecule has 2 heterocycles. The van der Waals surface area contributed by atoms with Gasteiger partial charge in [-0.15, -0.1) is 0 Å². The maximum atomic E-state index is 13.9. The van der Waals surface area contributed by atoms with Gasteiger partial charge in [-0.2, -0.15) is 18.3 Å². The minimum absolute atomic E-state index is 0.249. The normalized spacial score (nSPS) is 15.9. The fraction of sp³-hybridized carbons (Fsp3) is 0.412. The average Bonchev–Trinajstić information content (AvgIpc) is 2.92. The summed E-state index contributed by atoms with van der Waals surface area (Å²) in [7, 11) is 1.08. The van der Waals surface area contributed by atoms with Crippen molar-refractivity contribution in [3.05, 3.63) is 51.0 Å². The summed E-state index contributed by atoms with van der Waals surface area (Å²) in [5.74, 6) is -1.08. The highest BCUT2D eigenvalue weighted by atomic mass is 35.5. The second-order valence-corrected chi connectivity index (χ2v) is 7.19. The molecule has 0 atom stereocenters. The molecule has 1 aromatic heterocycles. The lowest BCUT2D eigenvalue weighted by molar-refractivity contribution is -0.143. The van der Waals surface area contributed by atoms with Gasteiger partial charge < -0.3 is 4.90 Å². The van der Waals surface area contributed by atoms with Crippen molar-refractivity contribution in [1.82, 2.24) is 19.6 Å². The van der Waals surface area contributed by atoms with E-state index in [-0.39, 0.29) is 19.6 Å². The topological polar surface area (TPSA) is 41.4 Å². The van der Waals surface area contributed by atoms with Gasteiger partial charge in [-0.05, 0) is 12.1 Å². The molecule has 1 aromatic carbocycles. The summed E-state index contributed by atoms with van der Waals surface area (Å²) in [6.45, 7) is 1.59. The van der Waals surface area contributed by atoms with Crippen LogP contribution in [0.5, 0.6) is 0 Å². The predicted molar refractivity (Wildman–Crippen MR) is 95.8 cm³/mol. The molecular formula is C17H16Cl2F4N4O. The van der Waals surface area contributed by atoms with Crippen LogP contribution in [0.2, 0.25) is 10.0 Å². The number of alkyl halides is 3. The lowest BCUT2D eigenvalue weighted by Crippen LogP contribution is -2.48. The van der Waals surface area contributed by atoms with Crippen LogP contribution in [-0.4, -0.2) is 51.7 Å². The Hall–Kier alpha value is -1.84. The Morgan fingerprint density at radius 2 is 1.82 bits per heavy atom.